The van der Waals surface area contributed by atoms with Crippen molar-refractivity contribution in [1.29, 1.82) is 0 Å². The van der Waals surface area contributed by atoms with E-state index in [9.17, 15) is 9.18 Å². The zero-order valence-electron chi connectivity index (χ0n) is 9.11. The van der Waals surface area contributed by atoms with Crippen LogP contribution in [0.25, 0.3) is 10.9 Å². The molecule has 0 fully saturated rings. The fraction of sp³-hybridized carbons (Fsp3) is 0.167. The maximum atomic E-state index is 13.4. The summed E-state index contributed by atoms with van der Waals surface area (Å²) in [5.41, 5.74) is 1.20. The maximum absolute atomic E-state index is 13.4. The van der Waals surface area contributed by atoms with Crippen LogP contribution in [-0.2, 0) is 6.42 Å². The number of nitrogens with zero attached hydrogens (tertiary/aromatic N) is 1. The van der Waals surface area contributed by atoms with Crippen molar-refractivity contribution < 1.29 is 19.0 Å². The molecule has 0 radical (unpaired) electrons. The first-order valence-corrected chi connectivity index (χ1v) is 5.09. The quantitative estimate of drug-likeness (QED) is 0.642. The summed E-state index contributed by atoms with van der Waals surface area (Å²) in [6.45, 7) is 1.97. The van der Waals surface area contributed by atoms with Crippen molar-refractivity contribution in [3.63, 3.8) is 0 Å². The van der Waals surface area contributed by atoms with Gasteiger partial charge in [0, 0.05) is 11.6 Å². The molecule has 0 aliphatic carbocycles. The van der Waals surface area contributed by atoms with E-state index in [-0.39, 0.29) is 11.3 Å². The number of hydrogen-bond acceptors (Lipinski definition) is 3. The van der Waals surface area contributed by atoms with E-state index in [1.54, 1.807) is 12.3 Å². The summed E-state index contributed by atoms with van der Waals surface area (Å²) < 4.78 is 17.8. The normalized spacial score (nSPS) is 10.5. The Morgan fingerprint density at radius 1 is 1.53 bits per heavy atom. The molecule has 0 bridgehead atoms. The lowest BCUT2D eigenvalue weighted by atomic mass is 10.1. The largest absolute Gasteiger partial charge is 0.511 e. The van der Waals surface area contributed by atoms with Crippen molar-refractivity contribution in [2.45, 2.75) is 13.3 Å². The van der Waals surface area contributed by atoms with Gasteiger partial charge in [-0.3, -0.25) is 4.98 Å². The molecule has 1 aromatic heterocycles. The average molecular weight is 235 g/mol. The minimum Gasteiger partial charge on any atom is -0.449 e. The topological polar surface area (TPSA) is 59.4 Å². The van der Waals surface area contributed by atoms with Gasteiger partial charge in [-0.2, -0.15) is 0 Å². The molecule has 0 spiro atoms. The van der Waals surface area contributed by atoms with Crippen LogP contribution in [0.5, 0.6) is 5.75 Å². The van der Waals surface area contributed by atoms with Crippen molar-refractivity contribution in [1.82, 2.24) is 4.98 Å². The third-order valence-corrected chi connectivity index (χ3v) is 2.41. The number of hydrogen-bond donors (Lipinski definition) is 1. The molecule has 0 saturated heterocycles. The van der Waals surface area contributed by atoms with E-state index >= 15 is 0 Å². The van der Waals surface area contributed by atoms with E-state index in [1.807, 2.05) is 13.0 Å². The SMILES string of the molecule is CCc1cnc2c(OC(=O)O)c(F)ccc2c1. The van der Waals surface area contributed by atoms with E-state index in [2.05, 4.69) is 9.72 Å². The number of carbonyl (C=O) groups is 1. The van der Waals surface area contributed by atoms with Gasteiger partial charge in [0.2, 0.25) is 0 Å². The van der Waals surface area contributed by atoms with Gasteiger partial charge in [-0.1, -0.05) is 6.92 Å². The second kappa shape index (κ2) is 4.37. The predicted octanol–water partition coefficient (Wildman–Crippen LogP) is 2.99. The van der Waals surface area contributed by atoms with Crippen molar-refractivity contribution >= 4 is 17.1 Å². The van der Waals surface area contributed by atoms with Crippen LogP contribution in [0.2, 0.25) is 0 Å². The summed E-state index contributed by atoms with van der Waals surface area (Å²) >= 11 is 0. The van der Waals surface area contributed by atoms with Crippen LogP contribution in [-0.4, -0.2) is 16.2 Å². The Hall–Kier alpha value is -2.17. The third-order valence-electron chi connectivity index (χ3n) is 2.41. The lowest BCUT2D eigenvalue weighted by Crippen LogP contribution is -2.05. The molecule has 2 rings (SSSR count). The molecule has 17 heavy (non-hydrogen) atoms. The highest BCUT2D eigenvalue weighted by molar-refractivity contribution is 5.86. The molecule has 0 aliphatic heterocycles. The van der Waals surface area contributed by atoms with Crippen molar-refractivity contribution in [2.24, 2.45) is 0 Å². The first-order valence-electron chi connectivity index (χ1n) is 5.09. The first kappa shape index (κ1) is 11.3. The highest BCUT2D eigenvalue weighted by Gasteiger charge is 2.13. The van der Waals surface area contributed by atoms with Crippen molar-refractivity contribution in [2.75, 3.05) is 0 Å². The number of rotatable bonds is 2. The number of aromatic nitrogens is 1. The minimum atomic E-state index is -1.56. The van der Waals surface area contributed by atoms with Gasteiger partial charge in [0.15, 0.2) is 11.6 Å². The van der Waals surface area contributed by atoms with Crippen LogP contribution >= 0.6 is 0 Å². The number of ether oxygens (including phenoxy) is 1. The molecule has 0 aliphatic rings. The molecule has 0 saturated carbocycles. The average Bonchev–Trinajstić information content (AvgIpc) is 2.32. The Morgan fingerprint density at radius 3 is 2.94 bits per heavy atom. The second-order valence-corrected chi connectivity index (χ2v) is 3.51. The Kier molecular flexibility index (Phi) is 2.91. The summed E-state index contributed by atoms with van der Waals surface area (Å²) in [7, 11) is 0. The number of fused-ring (bicyclic) bond motifs is 1. The summed E-state index contributed by atoms with van der Waals surface area (Å²) in [5, 5.41) is 9.19. The van der Waals surface area contributed by atoms with Crippen molar-refractivity contribution in [3.05, 3.63) is 35.8 Å². The zero-order valence-corrected chi connectivity index (χ0v) is 9.11. The van der Waals surface area contributed by atoms with Gasteiger partial charge in [-0.05, 0) is 30.2 Å². The van der Waals surface area contributed by atoms with E-state index in [0.29, 0.717) is 5.39 Å². The molecule has 5 heteroatoms. The van der Waals surface area contributed by atoms with Crippen LogP contribution in [0.3, 0.4) is 0 Å². The number of aryl methyl sites for hydroxylation is 1. The Bertz CT molecular complexity index is 583. The van der Waals surface area contributed by atoms with Crippen molar-refractivity contribution in [3.8, 4) is 5.75 Å². The fourth-order valence-electron chi connectivity index (χ4n) is 1.57. The van der Waals surface area contributed by atoms with Gasteiger partial charge in [-0.25, -0.2) is 9.18 Å². The lowest BCUT2D eigenvalue weighted by molar-refractivity contribution is 0.143. The van der Waals surface area contributed by atoms with Gasteiger partial charge in [0.1, 0.15) is 5.52 Å². The summed E-state index contributed by atoms with van der Waals surface area (Å²) in [6, 6.07) is 4.55. The van der Waals surface area contributed by atoms with Gasteiger partial charge < -0.3 is 9.84 Å². The van der Waals surface area contributed by atoms with Crippen LogP contribution in [0.4, 0.5) is 9.18 Å². The molecule has 2 aromatic rings. The molecule has 4 nitrogen and oxygen atoms in total. The summed E-state index contributed by atoms with van der Waals surface area (Å²) in [5.74, 6) is -1.09. The van der Waals surface area contributed by atoms with E-state index in [4.69, 9.17) is 5.11 Å². The summed E-state index contributed by atoms with van der Waals surface area (Å²) in [4.78, 5) is 14.5. The molecule has 0 amide bonds. The third kappa shape index (κ3) is 2.18. The number of pyridine rings is 1. The van der Waals surface area contributed by atoms with Crippen LogP contribution in [0, 0.1) is 5.82 Å². The Labute approximate surface area is 96.7 Å². The van der Waals surface area contributed by atoms with E-state index in [0.717, 1.165) is 12.0 Å². The molecule has 1 aromatic carbocycles. The molecule has 88 valence electrons. The smallest absolute Gasteiger partial charge is 0.449 e. The fourth-order valence-corrected chi connectivity index (χ4v) is 1.57. The van der Waals surface area contributed by atoms with Crippen LogP contribution in [0.1, 0.15) is 12.5 Å². The number of carboxylic acid groups (broad SMARTS) is 1. The highest BCUT2D eigenvalue weighted by Crippen LogP contribution is 2.27. The van der Waals surface area contributed by atoms with E-state index < -0.39 is 12.0 Å². The molecule has 1 N–H and O–H groups in total. The Balaban J connectivity index is 2.64. The highest BCUT2D eigenvalue weighted by atomic mass is 19.1. The van der Waals surface area contributed by atoms with Crippen LogP contribution < -0.4 is 4.74 Å². The zero-order chi connectivity index (χ0) is 12.4. The van der Waals surface area contributed by atoms with Gasteiger partial charge in [0.05, 0.1) is 0 Å². The molecule has 0 unspecified atom stereocenters. The maximum Gasteiger partial charge on any atom is 0.511 e. The first-order chi connectivity index (χ1) is 8.11. The molecule has 0 atom stereocenters. The molecular weight excluding hydrogens is 225 g/mol. The monoisotopic (exact) mass is 235 g/mol. The number of benzene rings is 1. The molecule has 1 heterocycles. The standard InChI is InChI=1S/C12H10FNO3/c1-2-7-5-8-3-4-9(13)11(17-12(15)16)10(8)14-6-7/h3-6H,2H2,1H3,(H,15,16). The summed E-state index contributed by atoms with van der Waals surface area (Å²) in [6.07, 6.45) is 0.823. The Morgan fingerprint density at radius 2 is 2.29 bits per heavy atom. The van der Waals surface area contributed by atoms with Gasteiger partial charge in [0.25, 0.3) is 0 Å². The number of halogens is 1. The lowest BCUT2D eigenvalue weighted by Gasteiger charge is -2.06. The predicted molar refractivity (Wildman–Crippen MR) is 59.7 cm³/mol. The van der Waals surface area contributed by atoms with E-state index in [1.165, 1.54) is 6.07 Å². The minimum absolute atomic E-state index is 0.213. The van der Waals surface area contributed by atoms with Gasteiger partial charge >= 0.3 is 6.16 Å². The van der Waals surface area contributed by atoms with Gasteiger partial charge in [-0.15, -0.1) is 0 Å². The van der Waals surface area contributed by atoms with Crippen LogP contribution in [0.15, 0.2) is 24.4 Å². The second-order valence-electron chi connectivity index (χ2n) is 3.51. The molecular formula is C12H10FNO3.